The molecule has 0 radical (unpaired) electrons. The molecule has 2 unspecified atom stereocenters. The third kappa shape index (κ3) is 8.44. The molecule has 9 nitrogen and oxygen atoms in total. The molecule has 4 rings (SSSR count). The third-order valence-electron chi connectivity index (χ3n) is 8.89. The number of amides is 3. The van der Waals surface area contributed by atoms with Crippen LogP contribution < -0.4 is 10.6 Å². The summed E-state index contributed by atoms with van der Waals surface area (Å²) in [5, 5.41) is 5.61. The van der Waals surface area contributed by atoms with E-state index >= 15 is 0 Å². The maximum Gasteiger partial charge on any atom is 0.408 e. The molecule has 45 heavy (non-hydrogen) atoms. The summed E-state index contributed by atoms with van der Waals surface area (Å²) in [7, 11) is 0. The number of piperidine rings is 1. The summed E-state index contributed by atoms with van der Waals surface area (Å²) < 4.78 is 10.8. The molecule has 1 aliphatic heterocycles. The average molecular weight is 620 g/mol. The van der Waals surface area contributed by atoms with E-state index in [4.69, 9.17) is 9.47 Å². The summed E-state index contributed by atoms with van der Waals surface area (Å²) in [6.07, 6.45) is 3.35. The number of alkyl carbamates (subject to hydrolysis) is 1. The standard InChI is InChI=1S/C36H49N3O6/c1-7-44-31(41)27-24-36(28-18-12-11-17-26(27)28)20-22-39(23-21-36)30(40)29(19-13-16-25-14-9-8-10-15-25)37-32(42)35(5,6)38-33(43)45-34(2,3)4/h8-12,14-15,17-18,27,29H,7,13,16,19-24H2,1-6H3,(H,37,42)(H,38,43). The second-order valence-electron chi connectivity index (χ2n) is 13.9. The number of benzene rings is 2. The fraction of sp³-hybridized carbons (Fsp3) is 0.556. The molecule has 0 saturated carbocycles. The lowest BCUT2D eigenvalue weighted by Gasteiger charge is -2.41. The Morgan fingerprint density at radius 1 is 0.956 bits per heavy atom. The summed E-state index contributed by atoms with van der Waals surface area (Å²) in [5.41, 5.74) is 1.16. The Kier molecular flexibility index (Phi) is 10.6. The monoisotopic (exact) mass is 619 g/mol. The van der Waals surface area contributed by atoms with Crippen LogP contribution in [0.1, 0.15) is 96.3 Å². The smallest absolute Gasteiger partial charge is 0.408 e. The van der Waals surface area contributed by atoms with Crippen LogP contribution >= 0.6 is 0 Å². The molecule has 0 bridgehead atoms. The van der Waals surface area contributed by atoms with Crippen LogP contribution in [0.4, 0.5) is 4.79 Å². The van der Waals surface area contributed by atoms with Crippen molar-refractivity contribution in [3.05, 3.63) is 71.3 Å². The first kappa shape index (κ1) is 34.0. The van der Waals surface area contributed by atoms with Crippen molar-refractivity contribution in [1.82, 2.24) is 15.5 Å². The van der Waals surface area contributed by atoms with Gasteiger partial charge in [-0.15, -0.1) is 0 Å². The molecule has 2 N–H and O–H groups in total. The Bertz CT molecular complexity index is 1360. The highest BCUT2D eigenvalue weighted by molar-refractivity contribution is 5.93. The highest BCUT2D eigenvalue weighted by atomic mass is 16.6. The first-order valence-electron chi connectivity index (χ1n) is 16.2. The normalized spacial score (nSPS) is 18.1. The second kappa shape index (κ2) is 14.0. The van der Waals surface area contributed by atoms with Crippen LogP contribution in [0, 0.1) is 0 Å². The SMILES string of the molecule is CCOC(=O)C1CC2(CCN(C(=O)C(CCCc3ccccc3)NC(=O)C(C)(C)NC(=O)OC(C)(C)C)CC2)c2ccccc21. The van der Waals surface area contributed by atoms with E-state index in [0.717, 1.165) is 30.4 Å². The molecule has 2 aromatic rings. The minimum absolute atomic E-state index is 0.132. The first-order chi connectivity index (χ1) is 21.2. The van der Waals surface area contributed by atoms with E-state index in [-0.39, 0.29) is 23.2 Å². The van der Waals surface area contributed by atoms with Crippen LogP contribution in [-0.4, -0.2) is 65.7 Å². The van der Waals surface area contributed by atoms with Crippen LogP contribution in [0.2, 0.25) is 0 Å². The van der Waals surface area contributed by atoms with E-state index in [2.05, 4.69) is 28.8 Å². The molecule has 1 fully saturated rings. The summed E-state index contributed by atoms with van der Waals surface area (Å²) in [4.78, 5) is 54.7. The van der Waals surface area contributed by atoms with E-state index in [1.807, 2.05) is 48.2 Å². The molecular weight excluding hydrogens is 570 g/mol. The van der Waals surface area contributed by atoms with Crippen molar-refractivity contribution in [2.24, 2.45) is 0 Å². The summed E-state index contributed by atoms with van der Waals surface area (Å²) >= 11 is 0. The van der Waals surface area contributed by atoms with Crippen molar-refractivity contribution >= 4 is 23.9 Å². The van der Waals surface area contributed by atoms with Crippen LogP contribution in [0.3, 0.4) is 0 Å². The van der Waals surface area contributed by atoms with Crippen molar-refractivity contribution in [3.8, 4) is 0 Å². The zero-order valence-corrected chi connectivity index (χ0v) is 27.6. The van der Waals surface area contributed by atoms with Crippen molar-refractivity contribution in [2.75, 3.05) is 19.7 Å². The number of ether oxygens (including phenoxy) is 2. The quantitative estimate of drug-likeness (QED) is 0.344. The number of hydrogen-bond donors (Lipinski definition) is 2. The summed E-state index contributed by atoms with van der Waals surface area (Å²) in [5.74, 6) is -1.08. The fourth-order valence-electron chi connectivity index (χ4n) is 6.56. The van der Waals surface area contributed by atoms with Gasteiger partial charge >= 0.3 is 12.1 Å². The van der Waals surface area contributed by atoms with E-state index in [1.165, 1.54) is 5.56 Å². The molecular formula is C36H49N3O6. The number of aryl methyl sites for hydroxylation is 1. The van der Waals surface area contributed by atoms with Gasteiger partial charge in [-0.05, 0) is 96.8 Å². The van der Waals surface area contributed by atoms with E-state index in [1.54, 1.807) is 34.6 Å². The second-order valence-corrected chi connectivity index (χ2v) is 13.9. The number of likely N-dealkylation sites (tertiary alicyclic amines) is 1. The first-order valence-corrected chi connectivity index (χ1v) is 16.2. The van der Waals surface area contributed by atoms with E-state index in [0.29, 0.717) is 39.0 Å². The van der Waals surface area contributed by atoms with Crippen LogP contribution in [0.25, 0.3) is 0 Å². The van der Waals surface area contributed by atoms with Gasteiger partial charge in [-0.2, -0.15) is 0 Å². The molecule has 2 aliphatic rings. The molecule has 9 heteroatoms. The van der Waals surface area contributed by atoms with E-state index in [9.17, 15) is 19.2 Å². The van der Waals surface area contributed by atoms with Gasteiger partial charge in [0.2, 0.25) is 11.8 Å². The molecule has 2 atom stereocenters. The Hall–Kier alpha value is -3.88. The van der Waals surface area contributed by atoms with Gasteiger partial charge in [0.1, 0.15) is 17.2 Å². The Morgan fingerprint density at radius 2 is 1.60 bits per heavy atom. The van der Waals surface area contributed by atoms with Gasteiger partial charge < -0.3 is 25.0 Å². The molecule has 1 spiro atoms. The maximum absolute atomic E-state index is 14.0. The third-order valence-corrected chi connectivity index (χ3v) is 8.89. The molecule has 244 valence electrons. The lowest BCUT2D eigenvalue weighted by molar-refractivity contribution is -0.145. The molecule has 0 aromatic heterocycles. The molecule has 3 amide bonds. The summed E-state index contributed by atoms with van der Waals surface area (Å²) in [6, 6.07) is 17.4. The van der Waals surface area contributed by atoms with Crippen LogP contribution in [0.15, 0.2) is 54.6 Å². The molecule has 1 heterocycles. The number of rotatable bonds is 10. The van der Waals surface area contributed by atoms with Gasteiger partial charge in [0, 0.05) is 18.5 Å². The molecule has 1 saturated heterocycles. The van der Waals surface area contributed by atoms with Crippen molar-refractivity contribution in [2.45, 2.75) is 109 Å². The lowest BCUT2D eigenvalue weighted by atomic mass is 9.73. The number of fused-ring (bicyclic) bond motifs is 2. The van der Waals surface area contributed by atoms with Crippen molar-refractivity contribution in [3.63, 3.8) is 0 Å². The minimum atomic E-state index is -1.30. The van der Waals surface area contributed by atoms with Gasteiger partial charge in [-0.25, -0.2) is 4.79 Å². The average Bonchev–Trinajstić information content (AvgIpc) is 3.30. The Labute approximate surface area is 267 Å². The lowest BCUT2D eigenvalue weighted by Crippen LogP contribution is -2.60. The zero-order chi connectivity index (χ0) is 32.8. The largest absolute Gasteiger partial charge is 0.466 e. The predicted molar refractivity (Wildman–Crippen MR) is 173 cm³/mol. The zero-order valence-electron chi connectivity index (χ0n) is 27.6. The molecule has 2 aromatic carbocycles. The van der Waals surface area contributed by atoms with Gasteiger partial charge in [0.15, 0.2) is 0 Å². The fourth-order valence-corrected chi connectivity index (χ4v) is 6.56. The van der Waals surface area contributed by atoms with Crippen molar-refractivity contribution in [1.29, 1.82) is 0 Å². The van der Waals surface area contributed by atoms with Gasteiger partial charge in [0.05, 0.1) is 12.5 Å². The number of carbonyl (C=O) groups excluding carboxylic acids is 4. The van der Waals surface area contributed by atoms with Crippen LogP contribution in [0.5, 0.6) is 0 Å². The number of hydrogen-bond acceptors (Lipinski definition) is 6. The van der Waals surface area contributed by atoms with Gasteiger partial charge in [-0.1, -0.05) is 54.6 Å². The van der Waals surface area contributed by atoms with E-state index < -0.39 is 29.2 Å². The van der Waals surface area contributed by atoms with Crippen molar-refractivity contribution < 1.29 is 28.7 Å². The minimum Gasteiger partial charge on any atom is -0.466 e. The highest BCUT2D eigenvalue weighted by Crippen LogP contribution is 2.52. The Morgan fingerprint density at radius 3 is 2.24 bits per heavy atom. The van der Waals surface area contributed by atoms with Gasteiger partial charge in [0.25, 0.3) is 0 Å². The number of esters is 1. The maximum atomic E-state index is 14.0. The number of carbonyl (C=O) groups is 4. The van der Waals surface area contributed by atoms with Crippen LogP contribution in [-0.2, 0) is 35.7 Å². The molecule has 1 aliphatic carbocycles. The highest BCUT2D eigenvalue weighted by Gasteiger charge is 2.49. The van der Waals surface area contributed by atoms with Gasteiger partial charge in [-0.3, -0.25) is 14.4 Å². The predicted octanol–water partition coefficient (Wildman–Crippen LogP) is 5.41. The number of nitrogens with zero attached hydrogens (tertiary/aromatic N) is 1. The number of nitrogens with one attached hydrogen (secondary N) is 2. The summed E-state index contributed by atoms with van der Waals surface area (Å²) in [6.45, 7) is 11.7. The topological polar surface area (TPSA) is 114 Å². The Balaban J connectivity index is 1.46.